The van der Waals surface area contributed by atoms with Gasteiger partial charge in [0.05, 0.1) is 6.15 Å². The molecule has 158 valence electrons. The van der Waals surface area contributed by atoms with Crippen molar-refractivity contribution in [3.05, 3.63) is 89.5 Å². The van der Waals surface area contributed by atoms with Gasteiger partial charge in [-0.1, -0.05) is 135 Å². The van der Waals surface area contributed by atoms with Gasteiger partial charge in [0.2, 0.25) is 0 Å². The SMILES string of the molecule is CCCCCCCC[B-](c1ccc(C)cc1)(c1ccc(C)cc1)c1ccc(C)cc1. The van der Waals surface area contributed by atoms with Gasteiger partial charge in [-0.2, -0.15) is 22.7 Å². The molecule has 0 bridgehead atoms. The van der Waals surface area contributed by atoms with Crippen molar-refractivity contribution >= 4 is 22.5 Å². The first-order valence-corrected chi connectivity index (χ1v) is 11.9. The topological polar surface area (TPSA) is 0 Å². The summed E-state index contributed by atoms with van der Waals surface area (Å²) in [7, 11) is 0. The third-order valence-corrected chi connectivity index (χ3v) is 6.93. The Hall–Kier alpha value is -2.28. The quantitative estimate of drug-likeness (QED) is 0.273. The van der Waals surface area contributed by atoms with Gasteiger partial charge in [-0.05, 0) is 20.8 Å². The molecule has 1 heteroatoms. The van der Waals surface area contributed by atoms with E-state index in [0.29, 0.717) is 0 Å². The van der Waals surface area contributed by atoms with E-state index in [-0.39, 0.29) is 0 Å². The molecule has 0 N–H and O–H groups in total. The second-order valence-electron chi connectivity index (χ2n) is 9.33. The highest BCUT2D eigenvalue weighted by atomic mass is 14.1. The predicted octanol–water partition coefficient (Wildman–Crippen LogP) is 6.44. The Bertz CT molecular complexity index is 778. The van der Waals surface area contributed by atoms with Gasteiger partial charge in [-0.3, -0.25) is 0 Å². The van der Waals surface area contributed by atoms with Crippen LogP contribution in [0, 0.1) is 20.8 Å². The van der Waals surface area contributed by atoms with Crippen molar-refractivity contribution in [1.82, 2.24) is 0 Å². The van der Waals surface area contributed by atoms with Crippen molar-refractivity contribution in [1.29, 1.82) is 0 Å². The third kappa shape index (κ3) is 5.25. The van der Waals surface area contributed by atoms with Gasteiger partial charge in [0.15, 0.2) is 0 Å². The second-order valence-corrected chi connectivity index (χ2v) is 9.33. The molecule has 0 atom stereocenters. The summed E-state index contributed by atoms with van der Waals surface area (Å²) in [5, 5.41) is 0. The van der Waals surface area contributed by atoms with Crippen LogP contribution in [0.4, 0.5) is 0 Å². The number of unbranched alkanes of at least 4 members (excludes halogenated alkanes) is 5. The zero-order valence-corrected chi connectivity index (χ0v) is 19.5. The minimum atomic E-state index is -0.981. The van der Waals surface area contributed by atoms with Crippen molar-refractivity contribution in [2.45, 2.75) is 72.5 Å². The molecule has 0 aromatic heterocycles. The molecule has 3 aromatic carbocycles. The molecule has 0 fully saturated rings. The molecule has 0 saturated heterocycles. The van der Waals surface area contributed by atoms with Gasteiger partial charge >= 0.3 is 0 Å². The Labute approximate surface area is 184 Å². The fourth-order valence-electron chi connectivity index (χ4n) is 4.99. The standard InChI is InChI=1S/C29H38B/c1-5-6-7-8-9-10-23-30(27-17-11-24(2)12-18-27,28-19-13-25(3)14-20-28)29-21-15-26(4)16-22-29/h11-22H,5-10,23H2,1-4H3/q-1. The van der Waals surface area contributed by atoms with E-state index in [1.807, 2.05) is 0 Å². The summed E-state index contributed by atoms with van der Waals surface area (Å²) in [6.45, 7) is 8.85. The molecule has 0 unspecified atom stereocenters. The van der Waals surface area contributed by atoms with Crippen molar-refractivity contribution in [3.8, 4) is 0 Å². The van der Waals surface area contributed by atoms with Crippen LogP contribution < -0.4 is 16.4 Å². The van der Waals surface area contributed by atoms with Gasteiger partial charge in [0.25, 0.3) is 0 Å². The molecule has 0 aliphatic heterocycles. The van der Waals surface area contributed by atoms with E-state index in [9.17, 15) is 0 Å². The Kier molecular flexibility index (Phi) is 7.97. The van der Waals surface area contributed by atoms with Crippen LogP contribution >= 0.6 is 0 Å². The summed E-state index contributed by atoms with van der Waals surface area (Å²) in [4.78, 5) is 0. The van der Waals surface area contributed by atoms with Gasteiger partial charge in [0.1, 0.15) is 0 Å². The number of hydrogen-bond acceptors (Lipinski definition) is 0. The molecule has 0 nitrogen and oxygen atoms in total. The van der Waals surface area contributed by atoms with Crippen LogP contribution in [0.3, 0.4) is 0 Å². The first kappa shape index (κ1) is 22.4. The number of hydrogen-bond donors (Lipinski definition) is 0. The minimum absolute atomic E-state index is 0.981. The first-order valence-electron chi connectivity index (χ1n) is 11.9. The average Bonchev–Trinajstić information content (AvgIpc) is 2.76. The third-order valence-electron chi connectivity index (χ3n) is 6.93. The van der Waals surface area contributed by atoms with E-state index >= 15 is 0 Å². The smallest absolute Gasteiger partial charge is 0.0814 e. The molecule has 0 spiro atoms. The van der Waals surface area contributed by atoms with Crippen molar-refractivity contribution in [2.75, 3.05) is 0 Å². The largest absolute Gasteiger partial charge is 0.200 e. The minimum Gasteiger partial charge on any atom is -0.200 e. The van der Waals surface area contributed by atoms with Gasteiger partial charge in [-0.25, -0.2) is 0 Å². The van der Waals surface area contributed by atoms with Crippen molar-refractivity contribution in [3.63, 3.8) is 0 Å². The maximum Gasteiger partial charge on any atom is 0.0814 e. The summed E-state index contributed by atoms with van der Waals surface area (Å²) in [6, 6.07) is 28.0. The fourth-order valence-corrected chi connectivity index (χ4v) is 4.99. The highest BCUT2D eigenvalue weighted by Gasteiger charge is 2.29. The van der Waals surface area contributed by atoms with E-state index in [2.05, 4.69) is 100 Å². The number of benzene rings is 3. The Morgan fingerprint density at radius 1 is 0.467 bits per heavy atom. The lowest BCUT2D eigenvalue weighted by molar-refractivity contribution is 0.623. The molecule has 0 aliphatic rings. The molecular weight excluding hydrogens is 359 g/mol. The summed E-state index contributed by atoms with van der Waals surface area (Å²) < 4.78 is 0. The maximum atomic E-state index is 2.38. The molecule has 0 amide bonds. The lowest BCUT2D eigenvalue weighted by Crippen LogP contribution is -2.67. The molecular formula is C29H38B-. The molecule has 3 rings (SSSR count). The van der Waals surface area contributed by atoms with Crippen molar-refractivity contribution in [2.24, 2.45) is 0 Å². The van der Waals surface area contributed by atoms with Crippen LogP contribution in [0.1, 0.15) is 62.1 Å². The lowest BCUT2D eigenvalue weighted by atomic mass is 9.14. The van der Waals surface area contributed by atoms with E-state index in [1.165, 1.54) is 77.9 Å². The highest BCUT2D eigenvalue weighted by molar-refractivity contribution is 7.11. The highest BCUT2D eigenvalue weighted by Crippen LogP contribution is 2.19. The van der Waals surface area contributed by atoms with Crippen LogP contribution in [-0.2, 0) is 0 Å². The van der Waals surface area contributed by atoms with E-state index < -0.39 is 6.15 Å². The Balaban J connectivity index is 2.06. The van der Waals surface area contributed by atoms with E-state index in [0.717, 1.165) is 0 Å². The fraction of sp³-hybridized carbons (Fsp3) is 0.379. The summed E-state index contributed by atoms with van der Waals surface area (Å²) in [6.07, 6.45) is 8.23. The summed E-state index contributed by atoms with van der Waals surface area (Å²) in [5.74, 6) is 0. The summed E-state index contributed by atoms with van der Waals surface area (Å²) in [5.41, 5.74) is 8.41. The van der Waals surface area contributed by atoms with Crippen LogP contribution in [0.2, 0.25) is 6.32 Å². The average molecular weight is 397 g/mol. The van der Waals surface area contributed by atoms with Crippen LogP contribution in [0.25, 0.3) is 0 Å². The monoisotopic (exact) mass is 397 g/mol. The van der Waals surface area contributed by atoms with E-state index in [1.54, 1.807) is 0 Å². The van der Waals surface area contributed by atoms with Crippen LogP contribution in [-0.4, -0.2) is 6.15 Å². The molecule has 30 heavy (non-hydrogen) atoms. The molecule has 0 saturated carbocycles. The summed E-state index contributed by atoms with van der Waals surface area (Å²) >= 11 is 0. The molecule has 0 aliphatic carbocycles. The first-order chi connectivity index (χ1) is 14.6. The van der Waals surface area contributed by atoms with Gasteiger partial charge in [-0.15, -0.1) is 0 Å². The zero-order valence-electron chi connectivity index (χ0n) is 19.5. The second kappa shape index (κ2) is 10.7. The number of rotatable bonds is 10. The lowest BCUT2D eigenvalue weighted by Gasteiger charge is -2.43. The van der Waals surface area contributed by atoms with E-state index in [4.69, 9.17) is 0 Å². The predicted molar refractivity (Wildman–Crippen MR) is 136 cm³/mol. The maximum absolute atomic E-state index is 2.38. The number of aryl methyl sites for hydroxylation is 3. The van der Waals surface area contributed by atoms with Gasteiger partial charge < -0.3 is 0 Å². The molecule has 0 radical (unpaired) electrons. The van der Waals surface area contributed by atoms with Crippen LogP contribution in [0.15, 0.2) is 72.8 Å². The molecule has 3 aromatic rings. The normalized spacial score (nSPS) is 11.6. The van der Waals surface area contributed by atoms with Crippen molar-refractivity contribution < 1.29 is 0 Å². The van der Waals surface area contributed by atoms with Gasteiger partial charge in [0, 0.05) is 0 Å². The Morgan fingerprint density at radius 3 is 1.17 bits per heavy atom. The van der Waals surface area contributed by atoms with Crippen LogP contribution in [0.5, 0.6) is 0 Å². The zero-order chi connectivity index (χ0) is 21.4. The Morgan fingerprint density at radius 2 is 0.800 bits per heavy atom. The molecule has 0 heterocycles.